The zero-order valence-electron chi connectivity index (χ0n) is 12.1. The molecule has 1 aromatic carbocycles. The van der Waals surface area contributed by atoms with E-state index in [1.807, 2.05) is 25.3 Å². The van der Waals surface area contributed by atoms with Gasteiger partial charge < -0.3 is 11.1 Å². The fraction of sp³-hybridized carbons (Fsp3) is 0.333. The van der Waals surface area contributed by atoms with E-state index >= 15 is 0 Å². The Hall–Kier alpha value is -1.85. The fourth-order valence-electron chi connectivity index (χ4n) is 2.00. The van der Waals surface area contributed by atoms with Crippen LogP contribution in [0.3, 0.4) is 0 Å². The maximum absolute atomic E-state index is 11.9. The first-order valence-electron chi connectivity index (χ1n) is 6.76. The number of aromatic nitrogens is 2. The predicted molar refractivity (Wildman–Crippen MR) is 85.6 cm³/mol. The number of hydrogen-bond donors (Lipinski definition) is 3. The van der Waals surface area contributed by atoms with Crippen molar-refractivity contribution in [2.45, 2.75) is 26.3 Å². The van der Waals surface area contributed by atoms with E-state index in [1.165, 1.54) is 5.56 Å². The van der Waals surface area contributed by atoms with Crippen LogP contribution in [0.5, 0.6) is 0 Å². The Kier molecular flexibility index (Phi) is 6.91. The Morgan fingerprint density at radius 3 is 2.62 bits per heavy atom. The maximum atomic E-state index is 11.9. The third-order valence-electron chi connectivity index (χ3n) is 3.29. The van der Waals surface area contributed by atoms with Gasteiger partial charge in [0.1, 0.15) is 0 Å². The van der Waals surface area contributed by atoms with Crippen molar-refractivity contribution in [1.82, 2.24) is 15.5 Å². The van der Waals surface area contributed by atoms with Crippen LogP contribution < -0.4 is 11.1 Å². The molecule has 0 aliphatic heterocycles. The number of amides is 1. The molecule has 2 aromatic rings. The van der Waals surface area contributed by atoms with Gasteiger partial charge in [-0.25, -0.2) is 0 Å². The van der Waals surface area contributed by atoms with Crippen molar-refractivity contribution < 1.29 is 4.79 Å². The number of carbonyl (C=O) groups excluding carboxylic acids is 1. The summed E-state index contributed by atoms with van der Waals surface area (Å²) in [6.45, 7) is 3.15. The van der Waals surface area contributed by atoms with Gasteiger partial charge in [0.2, 0.25) is 0 Å². The lowest BCUT2D eigenvalue weighted by Gasteiger charge is -2.05. The van der Waals surface area contributed by atoms with Crippen LogP contribution in [0.4, 0.5) is 0 Å². The Morgan fingerprint density at radius 2 is 2.05 bits per heavy atom. The third kappa shape index (κ3) is 4.88. The minimum Gasteiger partial charge on any atom is -0.352 e. The molecule has 0 bridgehead atoms. The van der Waals surface area contributed by atoms with Crippen LogP contribution in [0, 0.1) is 6.92 Å². The number of aryl methyl sites for hydroxylation is 2. The summed E-state index contributed by atoms with van der Waals surface area (Å²) in [6, 6.07) is 7.36. The van der Waals surface area contributed by atoms with Gasteiger partial charge in [0.05, 0.1) is 6.20 Å². The molecular weight excluding hydrogens is 288 g/mol. The number of rotatable bonds is 6. The Balaban J connectivity index is 0.00000220. The van der Waals surface area contributed by atoms with Crippen molar-refractivity contribution in [1.29, 1.82) is 0 Å². The lowest BCUT2D eigenvalue weighted by Crippen LogP contribution is -2.24. The highest BCUT2D eigenvalue weighted by Gasteiger charge is 2.05. The number of nitrogens with zero attached hydrogens (tertiary/aromatic N) is 1. The van der Waals surface area contributed by atoms with Crippen molar-refractivity contribution in [3.8, 4) is 0 Å². The van der Waals surface area contributed by atoms with Crippen LogP contribution in [0.2, 0.25) is 0 Å². The van der Waals surface area contributed by atoms with E-state index in [9.17, 15) is 4.79 Å². The van der Waals surface area contributed by atoms with Crippen LogP contribution >= 0.6 is 12.4 Å². The maximum Gasteiger partial charge on any atom is 0.251 e. The highest BCUT2D eigenvalue weighted by atomic mass is 35.5. The van der Waals surface area contributed by atoms with Crippen molar-refractivity contribution in [2.75, 3.05) is 6.54 Å². The number of H-pyrrole nitrogens is 1. The molecular formula is C15H21ClN4O. The molecule has 0 aliphatic carbocycles. The minimum atomic E-state index is -0.0440. The van der Waals surface area contributed by atoms with Crippen molar-refractivity contribution in [3.05, 3.63) is 52.8 Å². The molecule has 0 unspecified atom stereocenters. The molecule has 0 radical (unpaired) electrons. The van der Waals surface area contributed by atoms with E-state index in [0.29, 0.717) is 18.7 Å². The molecule has 0 saturated heterocycles. The molecule has 1 heterocycles. The summed E-state index contributed by atoms with van der Waals surface area (Å²) in [6.07, 6.45) is 3.64. The first kappa shape index (κ1) is 17.2. The van der Waals surface area contributed by atoms with Crippen LogP contribution in [0.1, 0.15) is 33.6 Å². The summed E-state index contributed by atoms with van der Waals surface area (Å²) in [5.74, 6) is -0.0440. The Bertz CT molecular complexity index is 565. The number of hydrogen-bond acceptors (Lipinski definition) is 3. The third-order valence-corrected chi connectivity index (χ3v) is 3.29. The smallest absolute Gasteiger partial charge is 0.251 e. The van der Waals surface area contributed by atoms with E-state index in [4.69, 9.17) is 5.73 Å². The molecule has 0 fully saturated rings. The molecule has 6 heteroatoms. The molecule has 2 rings (SSSR count). The van der Waals surface area contributed by atoms with Crippen LogP contribution in [-0.4, -0.2) is 22.6 Å². The van der Waals surface area contributed by atoms with Gasteiger partial charge in [0.15, 0.2) is 0 Å². The number of nitrogens with one attached hydrogen (secondary N) is 2. The second-order valence-corrected chi connectivity index (χ2v) is 4.78. The largest absolute Gasteiger partial charge is 0.352 e. The summed E-state index contributed by atoms with van der Waals surface area (Å²) in [4.78, 5) is 11.9. The van der Waals surface area contributed by atoms with Gasteiger partial charge >= 0.3 is 0 Å². The number of halogens is 1. The van der Waals surface area contributed by atoms with Gasteiger partial charge in [-0.2, -0.15) is 5.10 Å². The summed E-state index contributed by atoms with van der Waals surface area (Å²) in [5.41, 5.74) is 9.51. The first-order valence-corrected chi connectivity index (χ1v) is 6.76. The number of carbonyl (C=O) groups is 1. The Labute approximate surface area is 130 Å². The van der Waals surface area contributed by atoms with Crippen LogP contribution in [-0.2, 0) is 13.0 Å². The van der Waals surface area contributed by atoms with Gasteiger partial charge in [0, 0.05) is 24.3 Å². The summed E-state index contributed by atoms with van der Waals surface area (Å²) < 4.78 is 0. The zero-order valence-corrected chi connectivity index (χ0v) is 12.9. The lowest BCUT2D eigenvalue weighted by atomic mass is 10.1. The fourth-order valence-corrected chi connectivity index (χ4v) is 2.00. The number of benzene rings is 1. The van der Waals surface area contributed by atoms with E-state index in [-0.39, 0.29) is 18.3 Å². The zero-order chi connectivity index (χ0) is 14.4. The van der Waals surface area contributed by atoms with Crippen molar-refractivity contribution >= 4 is 18.3 Å². The Morgan fingerprint density at radius 1 is 1.33 bits per heavy atom. The normalized spacial score (nSPS) is 10.0. The van der Waals surface area contributed by atoms with Crippen LogP contribution in [0.15, 0.2) is 30.5 Å². The molecule has 0 spiro atoms. The number of nitrogens with two attached hydrogens (primary N) is 1. The van der Waals surface area contributed by atoms with Gasteiger partial charge in [-0.15, -0.1) is 12.4 Å². The average Bonchev–Trinajstić information content (AvgIpc) is 2.89. The average molecular weight is 309 g/mol. The van der Waals surface area contributed by atoms with Crippen molar-refractivity contribution in [3.63, 3.8) is 0 Å². The second kappa shape index (κ2) is 8.44. The molecule has 21 heavy (non-hydrogen) atoms. The molecule has 1 amide bonds. The van der Waals surface area contributed by atoms with Crippen molar-refractivity contribution in [2.24, 2.45) is 5.73 Å². The summed E-state index contributed by atoms with van der Waals surface area (Å²) in [7, 11) is 0. The van der Waals surface area contributed by atoms with Gasteiger partial charge in [-0.05, 0) is 43.0 Å². The van der Waals surface area contributed by atoms with Gasteiger partial charge in [-0.3, -0.25) is 9.89 Å². The van der Waals surface area contributed by atoms with E-state index < -0.39 is 0 Å². The molecule has 114 valence electrons. The predicted octanol–water partition coefficient (Wildman–Crippen LogP) is 1.96. The summed E-state index contributed by atoms with van der Waals surface area (Å²) in [5, 5.41) is 9.80. The highest BCUT2D eigenvalue weighted by molar-refractivity contribution is 5.94. The number of aromatic amines is 1. The summed E-state index contributed by atoms with van der Waals surface area (Å²) >= 11 is 0. The molecule has 0 atom stereocenters. The quantitative estimate of drug-likeness (QED) is 0.713. The lowest BCUT2D eigenvalue weighted by molar-refractivity contribution is 0.0953. The van der Waals surface area contributed by atoms with Gasteiger partial charge in [-0.1, -0.05) is 12.1 Å². The molecule has 4 N–H and O–H groups in total. The molecule has 1 aromatic heterocycles. The van der Waals surface area contributed by atoms with Gasteiger partial charge in [0.25, 0.3) is 5.91 Å². The van der Waals surface area contributed by atoms with Crippen LogP contribution in [0.25, 0.3) is 0 Å². The monoisotopic (exact) mass is 308 g/mol. The first-order chi connectivity index (χ1) is 9.70. The highest BCUT2D eigenvalue weighted by Crippen LogP contribution is 2.06. The topological polar surface area (TPSA) is 83.8 Å². The van der Waals surface area contributed by atoms with E-state index in [2.05, 4.69) is 15.5 Å². The van der Waals surface area contributed by atoms with E-state index in [0.717, 1.165) is 24.1 Å². The molecule has 0 aliphatic rings. The SMILES string of the molecule is Cc1[nH]ncc1CCCNC(=O)c1ccc(CN)cc1.Cl. The van der Waals surface area contributed by atoms with E-state index in [1.54, 1.807) is 12.1 Å². The molecule has 5 nitrogen and oxygen atoms in total. The standard InChI is InChI=1S/C15H20N4O.ClH/c1-11-14(10-18-19-11)3-2-8-17-15(20)13-6-4-12(9-16)5-7-13;/h4-7,10H,2-3,8-9,16H2,1H3,(H,17,20)(H,18,19);1H. The molecule has 0 saturated carbocycles. The second-order valence-electron chi connectivity index (χ2n) is 4.78. The minimum absolute atomic E-state index is 0.